The van der Waals surface area contributed by atoms with Crippen molar-refractivity contribution in [1.29, 1.82) is 0 Å². The van der Waals surface area contributed by atoms with Crippen molar-refractivity contribution in [1.82, 2.24) is 5.32 Å². The molecule has 0 spiro atoms. The summed E-state index contributed by atoms with van der Waals surface area (Å²) in [6.07, 6.45) is 83.7. The maximum atomic E-state index is 12.5. The van der Waals surface area contributed by atoms with Crippen molar-refractivity contribution in [2.45, 2.75) is 405 Å². The highest BCUT2D eigenvalue weighted by atomic mass is 16.5. The predicted molar refractivity (Wildman–Crippen MR) is 338 cm³/mol. The molecule has 0 aromatic heterocycles. The lowest BCUT2D eigenvalue weighted by atomic mass is 10.0. The summed E-state index contributed by atoms with van der Waals surface area (Å²) in [4.78, 5) is 24.6. The largest absolute Gasteiger partial charge is 0.466 e. The van der Waals surface area contributed by atoms with Gasteiger partial charge in [-0.05, 0) is 77.0 Å². The number of rotatable bonds is 66. The number of unbranched alkanes of at least 4 members (excludes halogenated alkanes) is 51. The predicted octanol–water partition coefficient (Wildman–Crippen LogP) is 22.5. The number of aliphatic hydroxyl groups is 2. The number of nitrogens with one attached hydrogen (secondary N) is 1. The first-order valence-corrected chi connectivity index (χ1v) is 35.1. The second kappa shape index (κ2) is 66.8. The third-order valence-electron chi connectivity index (χ3n) is 16.5. The second-order valence-electron chi connectivity index (χ2n) is 24.2. The van der Waals surface area contributed by atoms with Gasteiger partial charge in [0.2, 0.25) is 5.91 Å². The van der Waals surface area contributed by atoms with E-state index >= 15 is 0 Å². The van der Waals surface area contributed by atoms with Crippen LogP contribution in [0.3, 0.4) is 0 Å². The molecule has 0 rings (SSSR count). The van der Waals surface area contributed by atoms with Gasteiger partial charge in [-0.25, -0.2) is 0 Å². The molecule has 0 aliphatic rings. The molecule has 0 aliphatic heterocycles. The molecule has 1 amide bonds. The summed E-state index contributed by atoms with van der Waals surface area (Å²) < 4.78 is 5.49. The minimum absolute atomic E-state index is 0.00920. The number of amides is 1. The Hall–Kier alpha value is -1.66. The third-order valence-corrected chi connectivity index (χ3v) is 16.5. The number of esters is 1. The lowest BCUT2D eigenvalue weighted by Crippen LogP contribution is -2.45. The molecule has 0 aliphatic carbocycles. The van der Waals surface area contributed by atoms with Gasteiger partial charge in [-0.2, -0.15) is 0 Å². The Morgan fingerprint density at radius 1 is 0.351 bits per heavy atom. The molecular weight excluding hydrogens is 947 g/mol. The summed E-state index contributed by atoms with van der Waals surface area (Å²) in [6, 6.07) is -0.541. The van der Waals surface area contributed by atoms with E-state index in [0.29, 0.717) is 25.9 Å². The summed E-state index contributed by atoms with van der Waals surface area (Å²) in [5.41, 5.74) is 0. The summed E-state index contributed by atoms with van der Waals surface area (Å²) in [5, 5.41) is 23.3. The Morgan fingerprint density at radius 3 is 0.922 bits per heavy atom. The molecular formula is C71H137NO5. The Kier molecular flexibility index (Phi) is 65.4. The van der Waals surface area contributed by atoms with E-state index in [2.05, 4.69) is 43.5 Å². The average Bonchev–Trinajstić information content (AvgIpc) is 3.43. The van der Waals surface area contributed by atoms with Crippen LogP contribution in [0.25, 0.3) is 0 Å². The van der Waals surface area contributed by atoms with Crippen molar-refractivity contribution >= 4 is 11.9 Å². The molecule has 0 fully saturated rings. The molecule has 77 heavy (non-hydrogen) atoms. The Balaban J connectivity index is 3.36. The van der Waals surface area contributed by atoms with Gasteiger partial charge in [0.05, 0.1) is 25.4 Å². The molecule has 2 atom stereocenters. The van der Waals surface area contributed by atoms with Crippen LogP contribution in [0.4, 0.5) is 0 Å². The fraction of sp³-hybridized carbons (Fsp3) is 0.915. The van der Waals surface area contributed by atoms with E-state index in [1.165, 1.54) is 315 Å². The molecule has 0 aromatic rings. The molecule has 6 nitrogen and oxygen atoms in total. The van der Waals surface area contributed by atoms with Crippen LogP contribution in [0.15, 0.2) is 24.3 Å². The Bertz CT molecular complexity index is 1200. The molecule has 3 N–H and O–H groups in total. The van der Waals surface area contributed by atoms with E-state index in [4.69, 9.17) is 4.74 Å². The van der Waals surface area contributed by atoms with E-state index < -0.39 is 12.1 Å². The summed E-state index contributed by atoms with van der Waals surface area (Å²) in [5.74, 6) is -0.0218. The zero-order valence-corrected chi connectivity index (χ0v) is 52.2. The standard InChI is InChI=1S/C71H137NO5/c1-3-5-7-9-11-13-15-17-19-36-39-43-47-51-55-59-63-69(74)68(67-73)72-70(75)64-60-56-52-48-44-40-37-33-31-29-27-25-23-21-20-22-24-26-28-30-32-34-38-42-46-50-54-58-62-66-77-71(76)65-61-57-53-49-45-41-35-18-16-14-12-10-8-6-4-2/h18,20,22,35,68-69,73-74H,3-17,19,21,23-34,36-67H2,1-2H3,(H,72,75)/b22-20-,35-18-. The number of aliphatic hydroxyl groups excluding tert-OH is 2. The summed E-state index contributed by atoms with van der Waals surface area (Å²) >= 11 is 0. The Labute approximate surface area is 481 Å². The first kappa shape index (κ1) is 75.3. The van der Waals surface area contributed by atoms with E-state index in [9.17, 15) is 19.8 Å². The molecule has 6 heteroatoms. The Morgan fingerprint density at radius 2 is 0.610 bits per heavy atom. The van der Waals surface area contributed by atoms with Gasteiger partial charge >= 0.3 is 5.97 Å². The summed E-state index contributed by atoms with van der Waals surface area (Å²) in [7, 11) is 0. The van der Waals surface area contributed by atoms with Crippen LogP contribution < -0.4 is 5.32 Å². The number of hydrogen-bond acceptors (Lipinski definition) is 5. The fourth-order valence-electron chi connectivity index (χ4n) is 11.1. The quantitative estimate of drug-likeness (QED) is 0.0320. The van der Waals surface area contributed by atoms with Crippen LogP contribution in [0.2, 0.25) is 0 Å². The highest BCUT2D eigenvalue weighted by molar-refractivity contribution is 5.76. The molecule has 0 saturated carbocycles. The van der Waals surface area contributed by atoms with E-state index in [1.807, 2.05) is 0 Å². The van der Waals surface area contributed by atoms with Crippen LogP contribution in [0.1, 0.15) is 393 Å². The van der Waals surface area contributed by atoms with Crippen molar-refractivity contribution in [3.8, 4) is 0 Å². The second-order valence-corrected chi connectivity index (χ2v) is 24.2. The summed E-state index contributed by atoms with van der Waals surface area (Å²) in [6.45, 7) is 4.98. The minimum Gasteiger partial charge on any atom is -0.466 e. The van der Waals surface area contributed by atoms with E-state index in [1.54, 1.807) is 0 Å². The topological polar surface area (TPSA) is 95.9 Å². The first-order valence-electron chi connectivity index (χ1n) is 35.1. The smallest absolute Gasteiger partial charge is 0.305 e. The highest BCUT2D eigenvalue weighted by Crippen LogP contribution is 2.19. The van der Waals surface area contributed by atoms with Crippen molar-refractivity contribution in [3.05, 3.63) is 24.3 Å². The molecule has 0 bridgehead atoms. The number of carbonyl (C=O) groups excluding carboxylic acids is 2. The molecule has 0 radical (unpaired) electrons. The molecule has 0 saturated heterocycles. The number of carbonyl (C=O) groups is 2. The number of ether oxygens (including phenoxy) is 1. The van der Waals surface area contributed by atoms with Crippen LogP contribution >= 0.6 is 0 Å². The maximum Gasteiger partial charge on any atom is 0.305 e. The average molecular weight is 1080 g/mol. The minimum atomic E-state index is -0.663. The molecule has 0 aromatic carbocycles. The lowest BCUT2D eigenvalue weighted by molar-refractivity contribution is -0.143. The molecule has 456 valence electrons. The van der Waals surface area contributed by atoms with Crippen LogP contribution in [0, 0.1) is 0 Å². The zero-order chi connectivity index (χ0) is 55.7. The van der Waals surface area contributed by atoms with E-state index in [-0.39, 0.29) is 18.5 Å². The van der Waals surface area contributed by atoms with Gasteiger partial charge in [-0.15, -0.1) is 0 Å². The lowest BCUT2D eigenvalue weighted by Gasteiger charge is -2.22. The molecule has 2 unspecified atom stereocenters. The normalized spacial score (nSPS) is 12.6. The van der Waals surface area contributed by atoms with Gasteiger partial charge in [-0.1, -0.05) is 327 Å². The number of allylic oxidation sites excluding steroid dienone is 4. The van der Waals surface area contributed by atoms with Crippen LogP contribution in [-0.4, -0.2) is 47.4 Å². The van der Waals surface area contributed by atoms with Crippen molar-refractivity contribution in [3.63, 3.8) is 0 Å². The van der Waals surface area contributed by atoms with Crippen molar-refractivity contribution < 1.29 is 24.5 Å². The third kappa shape index (κ3) is 63.4. The van der Waals surface area contributed by atoms with Gasteiger partial charge < -0.3 is 20.3 Å². The molecule has 0 heterocycles. The maximum absolute atomic E-state index is 12.5. The van der Waals surface area contributed by atoms with Crippen molar-refractivity contribution in [2.24, 2.45) is 0 Å². The fourth-order valence-corrected chi connectivity index (χ4v) is 11.1. The highest BCUT2D eigenvalue weighted by Gasteiger charge is 2.20. The monoisotopic (exact) mass is 1080 g/mol. The van der Waals surface area contributed by atoms with E-state index in [0.717, 1.165) is 44.9 Å². The van der Waals surface area contributed by atoms with Gasteiger partial charge in [0.25, 0.3) is 0 Å². The van der Waals surface area contributed by atoms with Crippen LogP contribution in [-0.2, 0) is 14.3 Å². The number of hydrogen-bond donors (Lipinski definition) is 3. The zero-order valence-electron chi connectivity index (χ0n) is 52.2. The van der Waals surface area contributed by atoms with Gasteiger partial charge in [0, 0.05) is 12.8 Å². The van der Waals surface area contributed by atoms with Gasteiger partial charge in [0.1, 0.15) is 0 Å². The van der Waals surface area contributed by atoms with Crippen molar-refractivity contribution in [2.75, 3.05) is 13.2 Å². The SMILES string of the molecule is CCCCCCCC/C=C\CCCCCCCC(=O)OCCCCCCCCCCCCCC/C=C\CCCCCCCCCCCCCCCC(=O)NC(CO)C(O)CCCCCCCCCCCCCCCCCC. The van der Waals surface area contributed by atoms with Crippen LogP contribution in [0.5, 0.6) is 0 Å². The first-order chi connectivity index (χ1) is 38.0. The van der Waals surface area contributed by atoms with Gasteiger partial charge in [0.15, 0.2) is 0 Å². The van der Waals surface area contributed by atoms with Gasteiger partial charge in [-0.3, -0.25) is 9.59 Å².